The van der Waals surface area contributed by atoms with Gasteiger partial charge in [0, 0.05) is 62.3 Å². The standard InChI is InChI=1S/C34H40N4O6/c1-3-43-32-26(13-9-19-39)27(28-21-37(23(2)40)29-14-8-7-12-25(28)29)20-30(44-32)31(41)36-17-15-34(16-18-36)33(42)35-22-38(34)24-10-5-4-6-11-24/h4-8,10-12,14,20-21,26-27,32,39H,3,9,13,15-19,22H2,1-2H3,(H,35,42)/t26-,27+,32-/m0/s1. The molecule has 10 heteroatoms. The van der Waals surface area contributed by atoms with Crippen LogP contribution in [0.15, 0.2) is 72.6 Å². The van der Waals surface area contributed by atoms with E-state index in [1.165, 1.54) is 6.92 Å². The van der Waals surface area contributed by atoms with Crippen molar-refractivity contribution in [3.05, 3.63) is 78.2 Å². The number of allylic oxidation sites excluding steroid dienone is 1. The Morgan fingerprint density at radius 3 is 2.52 bits per heavy atom. The number of anilines is 1. The van der Waals surface area contributed by atoms with Gasteiger partial charge in [-0.1, -0.05) is 36.4 Å². The lowest BCUT2D eigenvalue weighted by atomic mass is 9.80. The van der Waals surface area contributed by atoms with Crippen molar-refractivity contribution in [3.63, 3.8) is 0 Å². The molecule has 0 aliphatic carbocycles. The quantitative estimate of drug-likeness (QED) is 0.402. The second-order valence-corrected chi connectivity index (χ2v) is 11.8. The first-order valence-electron chi connectivity index (χ1n) is 15.5. The van der Waals surface area contributed by atoms with Crippen LogP contribution in [-0.2, 0) is 19.1 Å². The van der Waals surface area contributed by atoms with Gasteiger partial charge in [0.15, 0.2) is 5.76 Å². The third-order valence-electron chi connectivity index (χ3n) is 9.35. The van der Waals surface area contributed by atoms with Crippen LogP contribution in [0.3, 0.4) is 0 Å². The molecule has 2 amide bonds. The molecule has 2 N–H and O–H groups in total. The highest BCUT2D eigenvalue weighted by Crippen LogP contribution is 2.43. The average Bonchev–Trinajstić information content (AvgIpc) is 3.59. The Kier molecular flexibility index (Phi) is 8.46. The Labute approximate surface area is 257 Å². The van der Waals surface area contributed by atoms with Crippen LogP contribution < -0.4 is 10.2 Å². The lowest BCUT2D eigenvalue weighted by Gasteiger charge is -2.44. The maximum atomic E-state index is 14.1. The van der Waals surface area contributed by atoms with Crippen LogP contribution in [0.4, 0.5) is 5.69 Å². The van der Waals surface area contributed by atoms with Crippen molar-refractivity contribution in [2.75, 3.05) is 37.9 Å². The van der Waals surface area contributed by atoms with Gasteiger partial charge >= 0.3 is 0 Å². The topological polar surface area (TPSA) is 113 Å². The number of hydrogen-bond donors (Lipinski definition) is 2. The number of aliphatic hydroxyl groups excluding tert-OH is 1. The zero-order valence-corrected chi connectivity index (χ0v) is 25.3. The molecule has 0 radical (unpaired) electrons. The molecule has 6 rings (SSSR count). The minimum Gasteiger partial charge on any atom is -0.459 e. The summed E-state index contributed by atoms with van der Waals surface area (Å²) in [6, 6.07) is 17.6. The maximum Gasteiger partial charge on any atom is 0.288 e. The fourth-order valence-corrected chi connectivity index (χ4v) is 7.11. The van der Waals surface area contributed by atoms with Gasteiger partial charge in [0.05, 0.1) is 12.2 Å². The molecular formula is C34H40N4O6. The fourth-order valence-electron chi connectivity index (χ4n) is 7.11. The first kappa shape index (κ1) is 29.9. The largest absolute Gasteiger partial charge is 0.459 e. The van der Waals surface area contributed by atoms with Gasteiger partial charge in [-0.3, -0.25) is 19.0 Å². The van der Waals surface area contributed by atoms with Gasteiger partial charge in [0.2, 0.25) is 18.1 Å². The average molecular weight is 601 g/mol. The lowest BCUT2D eigenvalue weighted by molar-refractivity contribution is -0.171. The molecule has 0 unspecified atom stereocenters. The van der Waals surface area contributed by atoms with Crippen molar-refractivity contribution < 1.29 is 29.0 Å². The second kappa shape index (κ2) is 12.5. The van der Waals surface area contributed by atoms with Crippen LogP contribution in [0.25, 0.3) is 10.9 Å². The van der Waals surface area contributed by atoms with Crippen molar-refractivity contribution >= 4 is 34.3 Å². The summed E-state index contributed by atoms with van der Waals surface area (Å²) < 4.78 is 14.0. The molecule has 10 nitrogen and oxygen atoms in total. The molecule has 2 aromatic carbocycles. The highest BCUT2D eigenvalue weighted by atomic mass is 16.7. The number of rotatable bonds is 8. The van der Waals surface area contributed by atoms with E-state index >= 15 is 0 Å². The van der Waals surface area contributed by atoms with E-state index in [4.69, 9.17) is 9.47 Å². The van der Waals surface area contributed by atoms with E-state index in [1.807, 2.05) is 73.8 Å². The molecule has 1 spiro atoms. The molecule has 4 heterocycles. The summed E-state index contributed by atoms with van der Waals surface area (Å²) in [6.45, 7) is 5.07. The molecule has 232 valence electrons. The Morgan fingerprint density at radius 2 is 1.82 bits per heavy atom. The molecule has 2 fully saturated rings. The molecule has 0 bridgehead atoms. The van der Waals surface area contributed by atoms with Gasteiger partial charge in [0.25, 0.3) is 5.91 Å². The van der Waals surface area contributed by atoms with E-state index in [0.29, 0.717) is 52.0 Å². The Morgan fingerprint density at radius 1 is 1.09 bits per heavy atom. The van der Waals surface area contributed by atoms with E-state index in [0.717, 1.165) is 22.2 Å². The van der Waals surface area contributed by atoms with Crippen molar-refractivity contribution in [2.45, 2.75) is 57.3 Å². The van der Waals surface area contributed by atoms with Crippen LogP contribution in [0, 0.1) is 5.92 Å². The molecule has 3 atom stereocenters. The summed E-state index contributed by atoms with van der Waals surface area (Å²) in [5.41, 5.74) is 1.98. The van der Waals surface area contributed by atoms with Crippen LogP contribution >= 0.6 is 0 Å². The monoisotopic (exact) mass is 600 g/mol. The van der Waals surface area contributed by atoms with Gasteiger partial charge in [-0.05, 0) is 62.4 Å². The highest BCUT2D eigenvalue weighted by Gasteiger charge is 2.51. The zero-order chi connectivity index (χ0) is 30.8. The van der Waals surface area contributed by atoms with Gasteiger partial charge in [-0.2, -0.15) is 0 Å². The van der Waals surface area contributed by atoms with E-state index in [2.05, 4.69) is 10.2 Å². The molecule has 44 heavy (non-hydrogen) atoms. The SMILES string of the molecule is CCO[C@H]1OC(C(=O)N2CCC3(CC2)C(=O)NCN3c2ccccc2)=C[C@@H](c2cn(C(C)=O)c3ccccc23)[C@@H]1CCCO. The fraction of sp³-hybridized carbons (Fsp3) is 0.441. The van der Waals surface area contributed by atoms with Crippen molar-refractivity contribution in [2.24, 2.45) is 5.92 Å². The van der Waals surface area contributed by atoms with Gasteiger partial charge in [0.1, 0.15) is 5.54 Å². The Balaban J connectivity index is 1.31. The second-order valence-electron chi connectivity index (χ2n) is 11.8. The number of carbonyl (C=O) groups is 3. The van der Waals surface area contributed by atoms with Gasteiger partial charge in [-0.25, -0.2) is 0 Å². The van der Waals surface area contributed by atoms with Crippen LogP contribution in [0.5, 0.6) is 0 Å². The summed E-state index contributed by atoms with van der Waals surface area (Å²) >= 11 is 0. The predicted octanol–water partition coefficient (Wildman–Crippen LogP) is 4.01. The molecule has 3 aliphatic heterocycles. The first-order chi connectivity index (χ1) is 21.4. The van der Waals surface area contributed by atoms with Crippen LogP contribution in [0.2, 0.25) is 0 Å². The third kappa shape index (κ3) is 5.26. The normalized spacial score (nSPS) is 23.0. The Hall–Kier alpha value is -4.15. The molecule has 1 aromatic heterocycles. The predicted molar refractivity (Wildman–Crippen MR) is 166 cm³/mol. The Bertz CT molecular complexity index is 1560. The number of nitrogens with one attached hydrogen (secondary N) is 1. The number of fused-ring (bicyclic) bond motifs is 1. The molecule has 2 saturated heterocycles. The van der Waals surface area contributed by atoms with E-state index < -0.39 is 11.8 Å². The smallest absolute Gasteiger partial charge is 0.288 e. The molecule has 3 aliphatic rings. The van der Waals surface area contributed by atoms with Crippen molar-refractivity contribution in [3.8, 4) is 0 Å². The molecule has 3 aromatic rings. The van der Waals surface area contributed by atoms with E-state index in [9.17, 15) is 19.5 Å². The minimum atomic E-state index is -0.708. The number of nitrogens with zero attached hydrogens (tertiary/aromatic N) is 3. The maximum absolute atomic E-state index is 14.1. The highest BCUT2D eigenvalue weighted by molar-refractivity contribution is 5.96. The molecular weight excluding hydrogens is 560 g/mol. The number of aliphatic hydroxyl groups is 1. The number of para-hydroxylation sites is 2. The number of likely N-dealkylation sites (tertiary alicyclic amines) is 1. The van der Waals surface area contributed by atoms with Crippen molar-refractivity contribution in [1.29, 1.82) is 0 Å². The summed E-state index contributed by atoms with van der Waals surface area (Å²) in [4.78, 5) is 43.7. The minimum absolute atomic E-state index is 0.00774. The summed E-state index contributed by atoms with van der Waals surface area (Å²) in [6.07, 6.45) is 5.18. The van der Waals surface area contributed by atoms with Crippen LogP contribution in [-0.4, -0.2) is 77.1 Å². The van der Waals surface area contributed by atoms with E-state index in [1.54, 1.807) is 9.47 Å². The van der Waals surface area contributed by atoms with Gasteiger partial charge < -0.3 is 29.7 Å². The third-order valence-corrected chi connectivity index (χ3v) is 9.35. The number of aromatic nitrogens is 1. The van der Waals surface area contributed by atoms with Crippen LogP contribution in [0.1, 0.15) is 55.8 Å². The van der Waals surface area contributed by atoms with E-state index in [-0.39, 0.29) is 41.9 Å². The van der Waals surface area contributed by atoms with Gasteiger partial charge in [-0.15, -0.1) is 0 Å². The number of benzene rings is 2. The first-order valence-corrected chi connectivity index (χ1v) is 15.5. The molecule has 0 saturated carbocycles. The number of piperidine rings is 1. The lowest BCUT2D eigenvalue weighted by Crippen LogP contribution is -2.57. The summed E-state index contributed by atoms with van der Waals surface area (Å²) in [5.74, 6) is -0.615. The summed E-state index contributed by atoms with van der Waals surface area (Å²) in [7, 11) is 0. The number of hydrogen-bond acceptors (Lipinski definition) is 7. The summed E-state index contributed by atoms with van der Waals surface area (Å²) in [5, 5.41) is 13.6. The number of amides is 2. The zero-order valence-electron chi connectivity index (χ0n) is 25.3. The van der Waals surface area contributed by atoms with Crippen molar-refractivity contribution in [1.82, 2.24) is 14.8 Å². The number of ether oxygens (including phenoxy) is 2. The number of carbonyl (C=O) groups excluding carboxylic acids is 3.